The molecule has 2 aromatic carbocycles. The smallest absolute Gasteiger partial charge is 0.369 e. The van der Waals surface area contributed by atoms with E-state index in [1.54, 1.807) is 30.3 Å². The molecule has 0 saturated carbocycles. The molecule has 7 nitrogen and oxygen atoms in total. The van der Waals surface area contributed by atoms with E-state index in [0.717, 1.165) is 6.07 Å². The van der Waals surface area contributed by atoms with Crippen LogP contribution in [0.15, 0.2) is 53.5 Å². The van der Waals surface area contributed by atoms with Gasteiger partial charge in [0, 0.05) is 35.8 Å². The number of rotatable bonds is 9. The van der Waals surface area contributed by atoms with Crippen LogP contribution in [-0.2, 0) is 14.4 Å². The molecule has 14 heteroatoms. The molecular formula is C25H23F7N4O3. The number of halogens is 7. The third-order valence-electron chi connectivity index (χ3n) is 6.02. The number of nitrogens with zero attached hydrogens (tertiary/aromatic N) is 1. The molecular weight excluding hydrogens is 537 g/mol. The summed E-state index contributed by atoms with van der Waals surface area (Å²) in [6.07, 6.45) is -16.7. The van der Waals surface area contributed by atoms with Crippen LogP contribution in [-0.4, -0.2) is 42.0 Å². The van der Waals surface area contributed by atoms with Gasteiger partial charge in [0.25, 0.3) is 5.91 Å². The van der Waals surface area contributed by atoms with Crippen molar-refractivity contribution in [2.75, 3.05) is 5.32 Å². The minimum absolute atomic E-state index is 0.0455. The fourth-order valence-electron chi connectivity index (χ4n) is 4.16. The number of carbonyl (C=O) groups excluding carboxylic acids is 3. The van der Waals surface area contributed by atoms with E-state index in [2.05, 4.69) is 15.6 Å². The van der Waals surface area contributed by atoms with Crippen molar-refractivity contribution >= 4 is 29.1 Å². The van der Waals surface area contributed by atoms with Gasteiger partial charge >= 0.3 is 12.4 Å². The first kappa shape index (κ1) is 29.6. The van der Waals surface area contributed by atoms with Crippen molar-refractivity contribution in [2.24, 2.45) is 22.6 Å². The Balaban J connectivity index is 1.99. The van der Waals surface area contributed by atoms with Gasteiger partial charge in [0.1, 0.15) is 5.82 Å². The number of aliphatic imine (C=N–C) groups is 1. The topological polar surface area (TPSA) is 114 Å². The average Bonchev–Trinajstić information content (AvgIpc) is 2.97. The van der Waals surface area contributed by atoms with Crippen molar-refractivity contribution in [1.29, 1.82) is 0 Å². The highest BCUT2D eigenvalue weighted by atomic mass is 19.4. The van der Waals surface area contributed by atoms with Gasteiger partial charge in [-0.15, -0.1) is 0 Å². The molecule has 0 unspecified atom stereocenters. The zero-order chi connectivity index (χ0) is 29.0. The van der Waals surface area contributed by atoms with Crippen molar-refractivity contribution < 1.29 is 45.1 Å². The molecule has 3 amide bonds. The van der Waals surface area contributed by atoms with Gasteiger partial charge in [-0.2, -0.15) is 26.3 Å². The second-order valence-electron chi connectivity index (χ2n) is 8.83. The third kappa shape index (κ3) is 8.01. The molecule has 3 rings (SSSR count). The van der Waals surface area contributed by atoms with Crippen LogP contribution in [0.3, 0.4) is 0 Å². The fraction of sp³-hybridized carbons (Fsp3) is 0.360. The maximum atomic E-state index is 14.6. The number of nitrogens with two attached hydrogens (primary N) is 1. The van der Waals surface area contributed by atoms with Crippen molar-refractivity contribution in [2.45, 2.75) is 44.2 Å². The number of primary amides is 1. The number of benzene rings is 2. The number of hydrogen-bond acceptors (Lipinski definition) is 4. The van der Waals surface area contributed by atoms with Gasteiger partial charge in [0.05, 0.1) is 11.4 Å². The molecule has 0 aromatic heterocycles. The van der Waals surface area contributed by atoms with Gasteiger partial charge in [-0.25, -0.2) is 9.38 Å². The molecule has 39 heavy (non-hydrogen) atoms. The maximum absolute atomic E-state index is 14.6. The summed E-state index contributed by atoms with van der Waals surface area (Å²) in [6, 6.07) is 11.9. The first-order valence-electron chi connectivity index (χ1n) is 11.6. The first-order valence-corrected chi connectivity index (χ1v) is 11.6. The van der Waals surface area contributed by atoms with E-state index in [0.29, 0.717) is 5.56 Å². The molecule has 4 N–H and O–H groups in total. The highest BCUT2D eigenvalue weighted by molar-refractivity contribution is 6.20. The maximum Gasteiger partial charge on any atom is 0.389 e. The van der Waals surface area contributed by atoms with Gasteiger partial charge in [0.15, 0.2) is 0 Å². The normalized spacial score (nSPS) is 17.3. The Morgan fingerprint density at radius 1 is 0.923 bits per heavy atom. The largest absolute Gasteiger partial charge is 0.389 e. The highest BCUT2D eigenvalue weighted by Gasteiger charge is 2.40. The van der Waals surface area contributed by atoms with Gasteiger partial charge < -0.3 is 16.4 Å². The number of alkyl halides is 6. The Bertz CT molecular complexity index is 1250. The van der Waals surface area contributed by atoms with Crippen molar-refractivity contribution in [3.05, 3.63) is 65.5 Å². The van der Waals surface area contributed by atoms with Crippen molar-refractivity contribution in [3.63, 3.8) is 0 Å². The van der Waals surface area contributed by atoms with Crippen LogP contribution in [0.2, 0.25) is 0 Å². The van der Waals surface area contributed by atoms with Gasteiger partial charge in [-0.1, -0.05) is 42.5 Å². The van der Waals surface area contributed by atoms with Crippen LogP contribution < -0.4 is 16.4 Å². The SMILES string of the molecule is NC(=O)[C@@H](CCC(F)(F)F)[C@@H](CCC(F)(F)F)C(=O)N[C@H]1N=C(c2ccccc2)c2cccc(F)c2NC1=O. The number of benzodiazepines with no additional fused rings is 1. The zero-order valence-electron chi connectivity index (χ0n) is 20.1. The number of para-hydroxylation sites is 1. The predicted molar refractivity (Wildman–Crippen MR) is 126 cm³/mol. The standard InChI is InChI=1S/C25H23F7N4O3/c26-17-8-4-7-16-18(13-5-2-1-3-6-13)34-21(23(39)35-19(16)17)36-22(38)15(10-12-25(30,31)32)14(20(33)37)9-11-24(27,28)29/h1-8,14-15,21H,9-12H2,(H2,33,37)(H,35,39)(H,36,38)/t14-,15+,21+/m0/s1. The minimum Gasteiger partial charge on any atom is -0.369 e. The van der Waals surface area contributed by atoms with E-state index < -0.39 is 79.6 Å². The summed E-state index contributed by atoms with van der Waals surface area (Å²) in [6.45, 7) is 0. The lowest BCUT2D eigenvalue weighted by Crippen LogP contribution is -2.48. The van der Waals surface area contributed by atoms with Crippen LogP contribution in [0, 0.1) is 17.7 Å². The zero-order valence-corrected chi connectivity index (χ0v) is 20.1. The van der Waals surface area contributed by atoms with E-state index in [9.17, 15) is 45.1 Å². The Labute approximate surface area is 217 Å². The van der Waals surface area contributed by atoms with Gasteiger partial charge in [-0.05, 0) is 18.9 Å². The Kier molecular flexibility index (Phi) is 8.97. The summed E-state index contributed by atoms with van der Waals surface area (Å²) in [7, 11) is 0. The fourth-order valence-corrected chi connectivity index (χ4v) is 4.16. The van der Waals surface area contributed by atoms with Crippen LogP contribution in [0.1, 0.15) is 36.8 Å². The number of nitrogens with one attached hydrogen (secondary N) is 2. The average molecular weight is 560 g/mol. The summed E-state index contributed by atoms with van der Waals surface area (Å²) in [4.78, 5) is 42.3. The molecule has 0 fully saturated rings. The lowest BCUT2D eigenvalue weighted by molar-refractivity contribution is -0.152. The lowest BCUT2D eigenvalue weighted by atomic mass is 9.83. The second-order valence-corrected chi connectivity index (χ2v) is 8.83. The van der Waals surface area contributed by atoms with Crippen LogP contribution in [0.25, 0.3) is 0 Å². The number of carbonyl (C=O) groups is 3. The van der Waals surface area contributed by atoms with E-state index in [-0.39, 0.29) is 17.0 Å². The molecule has 0 radical (unpaired) electrons. The minimum atomic E-state index is -4.80. The quantitative estimate of drug-likeness (QED) is 0.394. The molecule has 0 aliphatic carbocycles. The number of hydrogen-bond donors (Lipinski definition) is 3. The Morgan fingerprint density at radius 3 is 2.08 bits per heavy atom. The number of fused-ring (bicyclic) bond motifs is 1. The molecule has 0 bridgehead atoms. The van der Waals surface area contributed by atoms with E-state index in [1.165, 1.54) is 12.1 Å². The van der Waals surface area contributed by atoms with E-state index >= 15 is 0 Å². The van der Waals surface area contributed by atoms with Crippen LogP contribution in [0.5, 0.6) is 0 Å². The lowest BCUT2D eigenvalue weighted by Gasteiger charge is -2.26. The monoisotopic (exact) mass is 560 g/mol. The number of anilines is 1. The third-order valence-corrected chi connectivity index (χ3v) is 6.02. The Hall–Kier alpha value is -3.97. The Morgan fingerprint density at radius 2 is 1.51 bits per heavy atom. The molecule has 210 valence electrons. The van der Waals surface area contributed by atoms with Gasteiger partial charge in [-0.3, -0.25) is 14.4 Å². The summed E-state index contributed by atoms with van der Waals surface area (Å²) in [5.74, 6) is -8.53. The molecule has 1 aliphatic rings. The predicted octanol–water partition coefficient (Wildman–Crippen LogP) is 4.46. The van der Waals surface area contributed by atoms with Crippen molar-refractivity contribution in [1.82, 2.24) is 5.32 Å². The van der Waals surface area contributed by atoms with Crippen LogP contribution in [0.4, 0.5) is 36.4 Å². The van der Waals surface area contributed by atoms with Gasteiger partial charge in [0.2, 0.25) is 18.0 Å². The second kappa shape index (κ2) is 11.8. The summed E-state index contributed by atoms with van der Waals surface area (Å²) in [5, 5.41) is 4.39. The van der Waals surface area contributed by atoms with Crippen molar-refractivity contribution in [3.8, 4) is 0 Å². The number of amides is 3. The molecule has 3 atom stereocenters. The van der Waals surface area contributed by atoms with E-state index in [4.69, 9.17) is 5.73 Å². The molecule has 2 aromatic rings. The summed E-state index contributed by atoms with van der Waals surface area (Å²) in [5.41, 5.74) is 5.50. The highest BCUT2D eigenvalue weighted by Crippen LogP contribution is 2.33. The van der Waals surface area contributed by atoms with E-state index in [1.807, 2.05) is 0 Å². The molecule has 0 saturated heterocycles. The molecule has 1 heterocycles. The summed E-state index contributed by atoms with van der Waals surface area (Å²) >= 11 is 0. The summed E-state index contributed by atoms with van der Waals surface area (Å²) < 4.78 is 92.0. The molecule has 0 spiro atoms. The first-order chi connectivity index (χ1) is 18.2. The van der Waals surface area contributed by atoms with Crippen LogP contribution >= 0.6 is 0 Å². The molecule has 1 aliphatic heterocycles.